The van der Waals surface area contributed by atoms with E-state index in [0.29, 0.717) is 5.92 Å². The average Bonchev–Trinajstić information content (AvgIpc) is 3.26. The van der Waals surface area contributed by atoms with Crippen molar-refractivity contribution in [3.63, 3.8) is 0 Å². The van der Waals surface area contributed by atoms with Gasteiger partial charge in [-0.2, -0.15) is 0 Å². The van der Waals surface area contributed by atoms with Crippen LogP contribution in [-0.2, 0) is 10.8 Å². The molecule has 1 aromatic heterocycles. The Morgan fingerprint density at radius 2 is 1.88 bits per heavy atom. The van der Waals surface area contributed by atoms with Crippen molar-refractivity contribution in [1.82, 2.24) is 9.88 Å². The zero-order valence-corrected chi connectivity index (χ0v) is 21.6. The van der Waals surface area contributed by atoms with Crippen LogP contribution in [0.25, 0.3) is 11.3 Å². The molecule has 1 aliphatic carbocycles. The van der Waals surface area contributed by atoms with Crippen molar-refractivity contribution in [1.29, 1.82) is 0 Å². The first kappa shape index (κ1) is 23.9. The number of piperidine rings is 1. The first-order valence-corrected chi connectivity index (χ1v) is 13.6. The van der Waals surface area contributed by atoms with E-state index in [9.17, 15) is 5.11 Å². The van der Waals surface area contributed by atoms with Gasteiger partial charge in [0.2, 0.25) is 0 Å². The topological polar surface area (TPSA) is 36.4 Å². The minimum atomic E-state index is -0.148. The van der Waals surface area contributed by atoms with E-state index in [1.165, 1.54) is 47.4 Å². The van der Waals surface area contributed by atoms with Gasteiger partial charge in [0, 0.05) is 30.0 Å². The molecule has 1 saturated heterocycles. The van der Waals surface area contributed by atoms with Crippen LogP contribution in [0.15, 0.2) is 23.6 Å². The van der Waals surface area contributed by atoms with Gasteiger partial charge in [0.25, 0.3) is 0 Å². The van der Waals surface area contributed by atoms with Gasteiger partial charge in [0.05, 0.1) is 16.8 Å². The number of aliphatic hydroxyl groups excluding tert-OH is 1. The number of benzene rings is 1. The van der Waals surface area contributed by atoms with Crippen molar-refractivity contribution in [2.75, 3.05) is 19.6 Å². The first-order chi connectivity index (χ1) is 15.2. The van der Waals surface area contributed by atoms with Crippen LogP contribution >= 0.6 is 11.3 Å². The van der Waals surface area contributed by atoms with Crippen molar-refractivity contribution in [3.8, 4) is 11.3 Å². The number of rotatable bonds is 7. The Morgan fingerprint density at radius 3 is 2.62 bits per heavy atom. The van der Waals surface area contributed by atoms with E-state index in [4.69, 9.17) is 4.98 Å². The normalized spacial score (nSPS) is 23.6. The van der Waals surface area contributed by atoms with Gasteiger partial charge >= 0.3 is 0 Å². The third kappa shape index (κ3) is 5.13. The maximum Gasteiger partial charge on any atom is 0.0976 e. The van der Waals surface area contributed by atoms with E-state index in [1.807, 2.05) is 11.3 Å². The molecule has 4 heteroatoms. The van der Waals surface area contributed by atoms with Gasteiger partial charge in [-0.05, 0) is 73.1 Å². The van der Waals surface area contributed by atoms with Crippen LogP contribution in [0.1, 0.15) is 102 Å². The summed E-state index contributed by atoms with van der Waals surface area (Å²) in [6, 6.07) is 7.09. The third-order valence-corrected chi connectivity index (χ3v) is 8.93. The summed E-state index contributed by atoms with van der Waals surface area (Å²) in [6.07, 6.45) is 7.67. The molecule has 0 amide bonds. The molecule has 2 heterocycles. The van der Waals surface area contributed by atoms with Gasteiger partial charge in [0.1, 0.15) is 0 Å². The molecule has 176 valence electrons. The Labute approximate surface area is 199 Å². The maximum atomic E-state index is 10.1. The van der Waals surface area contributed by atoms with Crippen molar-refractivity contribution in [2.45, 2.75) is 102 Å². The molecule has 2 unspecified atom stereocenters. The predicted octanol–water partition coefficient (Wildman–Crippen LogP) is 6.89. The van der Waals surface area contributed by atoms with Crippen LogP contribution in [-0.4, -0.2) is 40.7 Å². The van der Waals surface area contributed by atoms with E-state index in [2.05, 4.69) is 63.1 Å². The lowest BCUT2D eigenvalue weighted by Crippen LogP contribution is -2.36. The molecule has 1 aromatic carbocycles. The first-order valence-electron chi connectivity index (χ1n) is 12.7. The number of aliphatic hydroxyl groups is 1. The van der Waals surface area contributed by atoms with E-state index in [0.717, 1.165) is 44.6 Å². The van der Waals surface area contributed by atoms with Crippen LogP contribution in [0.4, 0.5) is 0 Å². The quantitative estimate of drug-likeness (QED) is 0.495. The summed E-state index contributed by atoms with van der Waals surface area (Å²) in [5, 5.41) is 13.7. The van der Waals surface area contributed by atoms with Gasteiger partial charge < -0.3 is 10.0 Å². The van der Waals surface area contributed by atoms with E-state index in [-0.39, 0.29) is 16.9 Å². The van der Waals surface area contributed by atoms with Crippen molar-refractivity contribution >= 4 is 11.3 Å². The maximum absolute atomic E-state index is 10.1. The Hall–Kier alpha value is -1.23. The second-order valence-electron chi connectivity index (χ2n) is 11.5. The van der Waals surface area contributed by atoms with Crippen LogP contribution in [0.5, 0.6) is 0 Å². The number of nitrogens with zero attached hydrogens (tertiary/aromatic N) is 2. The number of thiazole rings is 1. The molecule has 0 radical (unpaired) electrons. The van der Waals surface area contributed by atoms with Crippen LogP contribution in [0.3, 0.4) is 0 Å². The number of fused-ring (bicyclic) bond motifs is 1. The van der Waals surface area contributed by atoms with Crippen LogP contribution < -0.4 is 0 Å². The van der Waals surface area contributed by atoms with Gasteiger partial charge in [0.15, 0.2) is 0 Å². The lowest BCUT2D eigenvalue weighted by molar-refractivity contribution is 0.121. The molecule has 2 atom stereocenters. The van der Waals surface area contributed by atoms with Gasteiger partial charge in [-0.1, -0.05) is 53.2 Å². The average molecular weight is 455 g/mol. The molecule has 0 spiro atoms. The van der Waals surface area contributed by atoms with Crippen molar-refractivity contribution in [3.05, 3.63) is 39.7 Å². The van der Waals surface area contributed by atoms with Crippen molar-refractivity contribution in [2.24, 2.45) is 0 Å². The van der Waals surface area contributed by atoms with E-state index in [1.54, 1.807) is 0 Å². The lowest BCUT2D eigenvalue weighted by atomic mass is 9.63. The molecule has 0 bridgehead atoms. The molecule has 2 aliphatic rings. The SMILES string of the molecule is CCCC(O)CCN1CCCC(c2nc(-c3ccc4c(c3)C(C)(C)CCC4(C)C)cs2)C1. The minimum Gasteiger partial charge on any atom is -0.393 e. The molecule has 3 nitrogen and oxygen atoms in total. The number of hydrogen-bond acceptors (Lipinski definition) is 4. The number of likely N-dealkylation sites (tertiary alicyclic amines) is 1. The zero-order chi connectivity index (χ0) is 22.9. The van der Waals surface area contributed by atoms with E-state index >= 15 is 0 Å². The largest absolute Gasteiger partial charge is 0.393 e. The molecule has 2 aromatic rings. The molecule has 4 rings (SSSR count). The van der Waals surface area contributed by atoms with Gasteiger partial charge in [-0.15, -0.1) is 11.3 Å². The van der Waals surface area contributed by atoms with Gasteiger partial charge in [-0.25, -0.2) is 4.98 Å². The molecule has 1 N–H and O–H groups in total. The monoisotopic (exact) mass is 454 g/mol. The smallest absolute Gasteiger partial charge is 0.0976 e. The summed E-state index contributed by atoms with van der Waals surface area (Å²) in [6.45, 7) is 14.9. The highest BCUT2D eigenvalue weighted by Crippen LogP contribution is 2.47. The third-order valence-electron chi connectivity index (χ3n) is 7.93. The van der Waals surface area contributed by atoms with E-state index < -0.39 is 0 Å². The number of hydrogen-bond donors (Lipinski definition) is 1. The summed E-state index contributed by atoms with van der Waals surface area (Å²) in [5.41, 5.74) is 5.92. The Morgan fingerprint density at radius 1 is 1.12 bits per heavy atom. The fourth-order valence-corrected chi connectivity index (χ4v) is 6.58. The summed E-state index contributed by atoms with van der Waals surface area (Å²) in [4.78, 5) is 7.68. The molecular weight excluding hydrogens is 412 g/mol. The Kier molecular flexibility index (Phi) is 7.14. The molecular formula is C28H42N2OS. The fraction of sp³-hybridized carbons (Fsp3) is 0.679. The second kappa shape index (κ2) is 9.56. The molecule has 0 saturated carbocycles. The molecule has 1 aliphatic heterocycles. The van der Waals surface area contributed by atoms with Crippen LogP contribution in [0, 0.1) is 0 Å². The predicted molar refractivity (Wildman–Crippen MR) is 137 cm³/mol. The highest BCUT2D eigenvalue weighted by molar-refractivity contribution is 7.10. The molecule has 32 heavy (non-hydrogen) atoms. The highest BCUT2D eigenvalue weighted by atomic mass is 32.1. The van der Waals surface area contributed by atoms with Crippen LogP contribution in [0.2, 0.25) is 0 Å². The minimum absolute atomic E-state index is 0.148. The highest BCUT2D eigenvalue weighted by Gasteiger charge is 2.37. The second-order valence-corrected chi connectivity index (χ2v) is 12.4. The summed E-state index contributed by atoms with van der Waals surface area (Å²) >= 11 is 1.84. The fourth-order valence-electron chi connectivity index (χ4n) is 5.63. The summed E-state index contributed by atoms with van der Waals surface area (Å²) < 4.78 is 0. The summed E-state index contributed by atoms with van der Waals surface area (Å²) in [5.74, 6) is 0.527. The Bertz CT molecular complexity index is 916. The van der Waals surface area contributed by atoms with Gasteiger partial charge in [-0.3, -0.25) is 0 Å². The van der Waals surface area contributed by atoms with Crippen molar-refractivity contribution < 1.29 is 5.11 Å². The zero-order valence-electron chi connectivity index (χ0n) is 20.8. The lowest BCUT2D eigenvalue weighted by Gasteiger charge is -2.42. The summed E-state index contributed by atoms with van der Waals surface area (Å²) in [7, 11) is 0. The molecule has 1 fully saturated rings. The number of aromatic nitrogens is 1. The Balaban J connectivity index is 1.48. The standard InChI is InChI=1S/C28H42N2OS/c1-6-8-22(31)12-16-30-15-7-9-21(18-30)26-29-25(19-32-26)20-10-11-23-24(17-20)28(4,5)14-13-27(23,2)3/h10-11,17,19,21-22,31H,6-9,12-16,18H2,1-5H3.